The van der Waals surface area contributed by atoms with Crippen LogP contribution in [-0.4, -0.2) is 17.6 Å². The number of nitrogens with zero attached hydrogens (tertiary/aromatic N) is 1. The number of ether oxygens (including phenoxy) is 1. The fourth-order valence-electron chi connectivity index (χ4n) is 2.11. The number of nitrogens with one attached hydrogen (secondary N) is 1. The molecule has 0 unspecified atom stereocenters. The van der Waals surface area contributed by atoms with E-state index >= 15 is 0 Å². The van der Waals surface area contributed by atoms with E-state index in [1.807, 2.05) is 30.5 Å². The van der Waals surface area contributed by atoms with E-state index < -0.39 is 0 Å². The largest absolute Gasteiger partial charge is 0.493 e. The normalized spacial score (nSPS) is 14.2. The molecule has 2 aromatic rings. The van der Waals surface area contributed by atoms with Gasteiger partial charge in [0.25, 0.3) is 0 Å². The molecule has 1 aliphatic rings. The van der Waals surface area contributed by atoms with Crippen LogP contribution in [0, 0.1) is 0 Å². The molecule has 1 fully saturated rings. The first-order valence-corrected chi connectivity index (χ1v) is 7.25. The summed E-state index contributed by atoms with van der Waals surface area (Å²) >= 11 is 0. The first-order valence-electron chi connectivity index (χ1n) is 7.25. The Bertz CT molecular complexity index is 538. The Balaban J connectivity index is 1.47. The van der Waals surface area contributed by atoms with Crippen molar-refractivity contribution in [2.75, 3.05) is 6.61 Å². The van der Waals surface area contributed by atoms with Crippen LogP contribution in [0.1, 0.15) is 24.1 Å². The standard InChI is InChI=1S/C17H20N2O/c1-2-10-18-15(5-1)9-11-20-17-6-3-4-14(12-17)13-19-16-7-8-16/h1-6,10,12,16,19H,7-9,11,13H2. The van der Waals surface area contributed by atoms with Crippen LogP contribution in [0.4, 0.5) is 0 Å². The molecule has 0 spiro atoms. The van der Waals surface area contributed by atoms with E-state index in [1.54, 1.807) is 0 Å². The van der Waals surface area contributed by atoms with Crippen LogP contribution in [0.5, 0.6) is 5.75 Å². The van der Waals surface area contributed by atoms with E-state index in [0.29, 0.717) is 6.61 Å². The first kappa shape index (κ1) is 13.1. The monoisotopic (exact) mass is 268 g/mol. The molecule has 1 aliphatic carbocycles. The van der Waals surface area contributed by atoms with E-state index in [2.05, 4.69) is 28.5 Å². The predicted octanol–water partition coefficient (Wildman–Crippen LogP) is 2.96. The molecule has 3 heteroatoms. The third-order valence-electron chi connectivity index (χ3n) is 3.42. The van der Waals surface area contributed by atoms with Crippen molar-refractivity contribution in [2.24, 2.45) is 0 Å². The predicted molar refractivity (Wildman–Crippen MR) is 79.7 cm³/mol. The van der Waals surface area contributed by atoms with Crippen molar-refractivity contribution in [3.8, 4) is 5.75 Å². The van der Waals surface area contributed by atoms with Crippen molar-refractivity contribution in [2.45, 2.75) is 31.8 Å². The topological polar surface area (TPSA) is 34.1 Å². The summed E-state index contributed by atoms with van der Waals surface area (Å²) in [6.07, 6.45) is 5.30. The highest BCUT2D eigenvalue weighted by atomic mass is 16.5. The molecule has 104 valence electrons. The zero-order valence-electron chi connectivity index (χ0n) is 11.6. The van der Waals surface area contributed by atoms with Crippen molar-refractivity contribution < 1.29 is 4.74 Å². The van der Waals surface area contributed by atoms with Crippen LogP contribution in [0.2, 0.25) is 0 Å². The van der Waals surface area contributed by atoms with Gasteiger partial charge in [0.2, 0.25) is 0 Å². The number of hydrogen-bond donors (Lipinski definition) is 1. The second kappa shape index (κ2) is 6.53. The molecule has 1 saturated carbocycles. The molecule has 1 aromatic heterocycles. The number of benzene rings is 1. The van der Waals surface area contributed by atoms with Gasteiger partial charge in [0, 0.05) is 30.9 Å². The van der Waals surface area contributed by atoms with Crippen LogP contribution >= 0.6 is 0 Å². The van der Waals surface area contributed by atoms with Gasteiger partial charge in [-0.15, -0.1) is 0 Å². The van der Waals surface area contributed by atoms with Crippen LogP contribution < -0.4 is 10.1 Å². The Morgan fingerprint density at radius 3 is 2.90 bits per heavy atom. The van der Waals surface area contributed by atoms with Crippen molar-refractivity contribution in [1.82, 2.24) is 10.3 Å². The van der Waals surface area contributed by atoms with Gasteiger partial charge in [0.05, 0.1) is 6.61 Å². The Hall–Kier alpha value is -1.87. The van der Waals surface area contributed by atoms with Gasteiger partial charge in [-0.05, 0) is 42.7 Å². The molecule has 0 aliphatic heterocycles. The molecule has 1 heterocycles. The average Bonchev–Trinajstić information content (AvgIpc) is 3.31. The summed E-state index contributed by atoms with van der Waals surface area (Å²) in [7, 11) is 0. The second-order valence-electron chi connectivity index (χ2n) is 5.22. The molecule has 20 heavy (non-hydrogen) atoms. The maximum atomic E-state index is 5.81. The quantitative estimate of drug-likeness (QED) is 0.838. The van der Waals surface area contributed by atoms with Gasteiger partial charge in [0.15, 0.2) is 0 Å². The Morgan fingerprint density at radius 2 is 2.10 bits per heavy atom. The summed E-state index contributed by atoms with van der Waals surface area (Å²) in [6, 6.07) is 15.0. The van der Waals surface area contributed by atoms with E-state index in [1.165, 1.54) is 18.4 Å². The van der Waals surface area contributed by atoms with Crippen LogP contribution in [0.15, 0.2) is 48.7 Å². The summed E-state index contributed by atoms with van der Waals surface area (Å²) in [6.45, 7) is 1.60. The Morgan fingerprint density at radius 1 is 1.15 bits per heavy atom. The maximum Gasteiger partial charge on any atom is 0.119 e. The summed E-state index contributed by atoms with van der Waals surface area (Å²) in [4.78, 5) is 4.29. The fraction of sp³-hybridized carbons (Fsp3) is 0.353. The molecule has 0 amide bonds. The van der Waals surface area contributed by atoms with Crippen molar-refractivity contribution >= 4 is 0 Å². The molecule has 3 nitrogen and oxygen atoms in total. The average molecular weight is 268 g/mol. The second-order valence-corrected chi connectivity index (χ2v) is 5.22. The van der Waals surface area contributed by atoms with Crippen LogP contribution in [0.25, 0.3) is 0 Å². The lowest BCUT2D eigenvalue weighted by molar-refractivity contribution is 0.320. The number of pyridine rings is 1. The van der Waals surface area contributed by atoms with Gasteiger partial charge in [-0.1, -0.05) is 18.2 Å². The van der Waals surface area contributed by atoms with Gasteiger partial charge in [-0.25, -0.2) is 0 Å². The zero-order chi connectivity index (χ0) is 13.6. The zero-order valence-corrected chi connectivity index (χ0v) is 11.6. The van der Waals surface area contributed by atoms with Crippen molar-refractivity contribution in [3.63, 3.8) is 0 Å². The highest BCUT2D eigenvalue weighted by Gasteiger charge is 2.19. The van der Waals surface area contributed by atoms with Gasteiger partial charge in [-0.3, -0.25) is 4.98 Å². The molecular formula is C17H20N2O. The molecule has 0 atom stereocenters. The molecule has 0 radical (unpaired) electrons. The van der Waals surface area contributed by atoms with Gasteiger partial charge < -0.3 is 10.1 Å². The van der Waals surface area contributed by atoms with Crippen LogP contribution in [-0.2, 0) is 13.0 Å². The SMILES string of the molecule is c1ccc(CCOc2cccc(CNC3CC3)c2)nc1. The van der Waals surface area contributed by atoms with E-state index in [9.17, 15) is 0 Å². The van der Waals surface area contributed by atoms with Gasteiger partial charge in [-0.2, -0.15) is 0 Å². The van der Waals surface area contributed by atoms with Crippen molar-refractivity contribution in [1.29, 1.82) is 0 Å². The van der Waals surface area contributed by atoms with E-state index in [4.69, 9.17) is 4.74 Å². The molecule has 3 rings (SSSR count). The van der Waals surface area contributed by atoms with E-state index in [-0.39, 0.29) is 0 Å². The smallest absolute Gasteiger partial charge is 0.119 e. The van der Waals surface area contributed by atoms with Crippen molar-refractivity contribution in [3.05, 3.63) is 59.9 Å². The lowest BCUT2D eigenvalue weighted by Gasteiger charge is -2.08. The summed E-state index contributed by atoms with van der Waals surface area (Å²) < 4.78 is 5.81. The maximum absolute atomic E-state index is 5.81. The molecule has 1 aromatic carbocycles. The minimum atomic E-state index is 0.663. The summed E-state index contributed by atoms with van der Waals surface area (Å²) in [5.74, 6) is 0.941. The first-order chi connectivity index (χ1) is 9.90. The minimum Gasteiger partial charge on any atom is -0.493 e. The van der Waals surface area contributed by atoms with Gasteiger partial charge >= 0.3 is 0 Å². The van der Waals surface area contributed by atoms with Gasteiger partial charge in [0.1, 0.15) is 5.75 Å². The summed E-state index contributed by atoms with van der Waals surface area (Å²) in [5.41, 5.74) is 2.35. The lowest BCUT2D eigenvalue weighted by Crippen LogP contribution is -2.15. The molecule has 0 bridgehead atoms. The number of hydrogen-bond acceptors (Lipinski definition) is 3. The lowest BCUT2D eigenvalue weighted by atomic mass is 10.2. The fourth-order valence-corrected chi connectivity index (χ4v) is 2.11. The molecule has 1 N–H and O–H groups in total. The summed E-state index contributed by atoms with van der Waals surface area (Å²) in [5, 5.41) is 3.52. The Labute approximate surface area is 120 Å². The highest BCUT2D eigenvalue weighted by molar-refractivity contribution is 5.28. The molecule has 0 saturated heterocycles. The van der Waals surface area contributed by atoms with E-state index in [0.717, 1.165) is 30.5 Å². The number of rotatable bonds is 7. The third-order valence-corrected chi connectivity index (χ3v) is 3.42. The number of aromatic nitrogens is 1. The highest BCUT2D eigenvalue weighted by Crippen LogP contribution is 2.20. The van der Waals surface area contributed by atoms with Crippen LogP contribution in [0.3, 0.4) is 0 Å². The molecular weight excluding hydrogens is 248 g/mol. The third kappa shape index (κ3) is 4.07. The minimum absolute atomic E-state index is 0.663. The Kier molecular flexibility index (Phi) is 4.28.